The molecule has 0 amide bonds. The zero-order valence-corrected chi connectivity index (χ0v) is 11.2. The van der Waals surface area contributed by atoms with Crippen molar-refractivity contribution in [3.8, 4) is 0 Å². The van der Waals surface area contributed by atoms with E-state index in [2.05, 4.69) is 14.7 Å². The Labute approximate surface area is 110 Å². The first-order valence-electron chi connectivity index (χ1n) is 5.15. The first-order valence-corrected chi connectivity index (χ1v) is 7.04. The molecule has 0 atom stereocenters. The highest BCUT2D eigenvalue weighted by molar-refractivity contribution is 7.88. The van der Waals surface area contributed by atoms with Crippen molar-refractivity contribution in [1.29, 1.82) is 0 Å². The van der Waals surface area contributed by atoms with E-state index in [0.29, 0.717) is 11.4 Å². The molecule has 9 heteroatoms. The van der Waals surface area contributed by atoms with E-state index in [0.717, 1.165) is 6.26 Å². The van der Waals surface area contributed by atoms with Crippen molar-refractivity contribution in [3.63, 3.8) is 0 Å². The average molecular weight is 290 g/mol. The second kappa shape index (κ2) is 6.23. The lowest BCUT2D eigenvalue weighted by atomic mass is 10.1. The largest absolute Gasteiger partial charge is 0.480 e. The minimum absolute atomic E-state index is 0.131. The van der Waals surface area contributed by atoms with Crippen LogP contribution < -0.4 is 4.72 Å². The summed E-state index contributed by atoms with van der Waals surface area (Å²) in [6.07, 6.45) is 4.07. The zero-order chi connectivity index (χ0) is 14.5. The van der Waals surface area contributed by atoms with E-state index in [-0.39, 0.29) is 12.2 Å². The van der Waals surface area contributed by atoms with Crippen LogP contribution in [0.1, 0.15) is 6.42 Å². The Morgan fingerprint density at radius 3 is 2.74 bits per heavy atom. The SMILES string of the molecule is CO/N=C1\CC(NS(C)(=O)=O)=CC=C1OCC(=O)O. The molecule has 0 heterocycles. The highest BCUT2D eigenvalue weighted by Crippen LogP contribution is 2.16. The molecular formula is C10H14N2O6S. The van der Waals surface area contributed by atoms with Crippen molar-refractivity contribution in [2.24, 2.45) is 5.16 Å². The molecule has 0 saturated heterocycles. The molecule has 2 N–H and O–H groups in total. The minimum atomic E-state index is -3.38. The molecule has 0 bridgehead atoms. The summed E-state index contributed by atoms with van der Waals surface area (Å²) >= 11 is 0. The number of ether oxygens (including phenoxy) is 1. The number of oxime groups is 1. The summed E-state index contributed by atoms with van der Waals surface area (Å²) in [6, 6.07) is 0. The van der Waals surface area contributed by atoms with Crippen LogP contribution in [-0.2, 0) is 24.4 Å². The third-order valence-electron chi connectivity index (χ3n) is 1.95. The average Bonchev–Trinajstić information content (AvgIpc) is 2.26. The Kier molecular flexibility index (Phi) is 4.93. The van der Waals surface area contributed by atoms with Gasteiger partial charge in [0.15, 0.2) is 6.61 Å². The van der Waals surface area contributed by atoms with Crippen LogP contribution in [0.15, 0.2) is 28.8 Å². The number of sulfonamides is 1. The van der Waals surface area contributed by atoms with Crippen LogP contribution >= 0.6 is 0 Å². The van der Waals surface area contributed by atoms with Gasteiger partial charge in [0, 0.05) is 12.1 Å². The van der Waals surface area contributed by atoms with Crippen molar-refractivity contribution < 1.29 is 27.9 Å². The molecule has 0 saturated carbocycles. The monoisotopic (exact) mass is 290 g/mol. The summed E-state index contributed by atoms with van der Waals surface area (Å²) in [4.78, 5) is 15.0. The van der Waals surface area contributed by atoms with E-state index in [1.54, 1.807) is 0 Å². The molecule has 0 radical (unpaired) electrons. The lowest BCUT2D eigenvalue weighted by Gasteiger charge is -2.17. The lowest BCUT2D eigenvalue weighted by molar-refractivity contribution is -0.140. The second-order valence-corrected chi connectivity index (χ2v) is 5.43. The molecule has 19 heavy (non-hydrogen) atoms. The highest BCUT2D eigenvalue weighted by atomic mass is 32.2. The predicted octanol–water partition coefficient (Wildman–Crippen LogP) is -0.189. The van der Waals surface area contributed by atoms with Gasteiger partial charge in [-0.1, -0.05) is 5.16 Å². The van der Waals surface area contributed by atoms with Gasteiger partial charge in [-0.3, -0.25) is 4.72 Å². The van der Waals surface area contributed by atoms with Crippen molar-refractivity contribution >= 4 is 21.7 Å². The van der Waals surface area contributed by atoms with E-state index in [4.69, 9.17) is 9.84 Å². The van der Waals surface area contributed by atoms with E-state index in [1.807, 2.05) is 0 Å². The molecule has 106 valence electrons. The molecule has 0 aromatic carbocycles. The Hall–Kier alpha value is -2.03. The van der Waals surface area contributed by atoms with Crippen molar-refractivity contribution in [2.75, 3.05) is 20.0 Å². The highest BCUT2D eigenvalue weighted by Gasteiger charge is 2.19. The summed E-state index contributed by atoms with van der Waals surface area (Å²) < 4.78 is 29.5. The third kappa shape index (κ3) is 5.42. The van der Waals surface area contributed by atoms with Gasteiger partial charge >= 0.3 is 5.97 Å². The number of hydrogen-bond acceptors (Lipinski definition) is 6. The molecule has 1 aliphatic rings. The summed E-state index contributed by atoms with van der Waals surface area (Å²) in [5.41, 5.74) is 0.693. The molecule has 1 aliphatic carbocycles. The van der Waals surface area contributed by atoms with Crippen LogP contribution in [0.5, 0.6) is 0 Å². The van der Waals surface area contributed by atoms with Gasteiger partial charge in [0.2, 0.25) is 10.0 Å². The number of nitrogens with one attached hydrogen (secondary N) is 1. The first-order chi connectivity index (χ1) is 8.81. The topological polar surface area (TPSA) is 114 Å². The first kappa shape index (κ1) is 15.0. The fraction of sp³-hybridized carbons (Fsp3) is 0.400. The molecular weight excluding hydrogens is 276 g/mol. The molecule has 0 fully saturated rings. The van der Waals surface area contributed by atoms with Crippen LogP contribution in [0.4, 0.5) is 0 Å². The summed E-state index contributed by atoms with van der Waals surface area (Å²) in [6.45, 7) is -0.517. The molecule has 0 aromatic rings. The molecule has 0 spiro atoms. The molecule has 1 rings (SSSR count). The smallest absolute Gasteiger partial charge is 0.341 e. The van der Waals surface area contributed by atoms with Crippen LogP contribution in [0, 0.1) is 0 Å². The van der Waals surface area contributed by atoms with Gasteiger partial charge < -0.3 is 14.7 Å². The quantitative estimate of drug-likeness (QED) is 0.655. The van der Waals surface area contributed by atoms with Gasteiger partial charge in [0.1, 0.15) is 18.6 Å². The maximum Gasteiger partial charge on any atom is 0.341 e. The van der Waals surface area contributed by atoms with Crippen LogP contribution in [-0.4, -0.2) is 45.2 Å². The number of carbonyl (C=O) groups is 1. The standard InChI is InChI=1S/C10H14N2O6S/c1-17-11-8-5-7(12-19(2,15)16)3-4-9(8)18-6-10(13)14/h3-4,12H,5-6H2,1-2H3,(H,13,14)/b11-8+. The number of rotatable bonds is 6. The van der Waals surface area contributed by atoms with Gasteiger partial charge in [0.25, 0.3) is 0 Å². The molecule has 0 unspecified atom stereocenters. The van der Waals surface area contributed by atoms with Crippen molar-refractivity contribution in [2.45, 2.75) is 6.42 Å². The summed E-state index contributed by atoms with van der Waals surface area (Å²) in [5.74, 6) is -0.898. The van der Waals surface area contributed by atoms with Crippen molar-refractivity contribution in [3.05, 3.63) is 23.6 Å². The number of carboxylic acid groups (broad SMARTS) is 1. The lowest BCUT2D eigenvalue weighted by Crippen LogP contribution is -2.26. The molecule has 0 aromatic heterocycles. The number of nitrogens with zero attached hydrogens (tertiary/aromatic N) is 1. The Balaban J connectivity index is 2.88. The van der Waals surface area contributed by atoms with Crippen molar-refractivity contribution in [1.82, 2.24) is 4.72 Å². The van der Waals surface area contributed by atoms with Gasteiger partial charge in [-0.2, -0.15) is 0 Å². The minimum Gasteiger partial charge on any atom is -0.480 e. The van der Waals surface area contributed by atoms with E-state index in [1.165, 1.54) is 19.3 Å². The normalized spacial score (nSPS) is 17.5. The van der Waals surface area contributed by atoms with Gasteiger partial charge in [0.05, 0.1) is 6.26 Å². The van der Waals surface area contributed by atoms with Crippen LogP contribution in [0.2, 0.25) is 0 Å². The van der Waals surface area contributed by atoms with Gasteiger partial charge in [-0.15, -0.1) is 0 Å². The van der Waals surface area contributed by atoms with Crippen LogP contribution in [0.25, 0.3) is 0 Å². The maximum absolute atomic E-state index is 11.1. The van der Waals surface area contributed by atoms with Crippen LogP contribution in [0.3, 0.4) is 0 Å². The van der Waals surface area contributed by atoms with Gasteiger partial charge in [-0.05, 0) is 12.2 Å². The Morgan fingerprint density at radius 2 is 2.21 bits per heavy atom. The Bertz CT molecular complexity index is 546. The number of carboxylic acids is 1. The van der Waals surface area contributed by atoms with E-state index < -0.39 is 22.6 Å². The summed E-state index contributed by atoms with van der Waals surface area (Å²) in [5, 5.41) is 12.2. The zero-order valence-electron chi connectivity index (χ0n) is 10.4. The number of aliphatic carboxylic acids is 1. The number of hydrogen-bond donors (Lipinski definition) is 2. The Morgan fingerprint density at radius 1 is 1.53 bits per heavy atom. The second-order valence-electron chi connectivity index (χ2n) is 3.68. The summed E-state index contributed by atoms with van der Waals surface area (Å²) in [7, 11) is -2.06. The number of allylic oxidation sites excluding steroid dienone is 4. The fourth-order valence-electron chi connectivity index (χ4n) is 1.37. The molecule has 8 nitrogen and oxygen atoms in total. The molecule has 0 aliphatic heterocycles. The van der Waals surface area contributed by atoms with E-state index in [9.17, 15) is 13.2 Å². The van der Waals surface area contributed by atoms with Gasteiger partial charge in [-0.25, -0.2) is 13.2 Å². The third-order valence-corrected chi connectivity index (χ3v) is 2.58. The maximum atomic E-state index is 11.1. The fourth-order valence-corrected chi connectivity index (χ4v) is 1.98. The van der Waals surface area contributed by atoms with E-state index >= 15 is 0 Å². The predicted molar refractivity (Wildman–Crippen MR) is 66.8 cm³/mol.